The quantitative estimate of drug-likeness (QED) is 0.539. The van der Waals surface area contributed by atoms with Crippen LogP contribution in [0.5, 0.6) is 0 Å². The second-order valence-corrected chi connectivity index (χ2v) is 6.86. The minimum atomic E-state index is -0.00947. The molecule has 1 N–H and O–H groups in total. The average Bonchev–Trinajstić information content (AvgIpc) is 3.02. The molecule has 0 unspecified atom stereocenters. The van der Waals surface area contributed by atoms with Crippen LogP contribution in [0.4, 0.5) is 0 Å². The van der Waals surface area contributed by atoms with E-state index in [0.29, 0.717) is 6.54 Å². The Hall–Kier alpha value is -2.99. The Morgan fingerprint density at radius 3 is 2.43 bits per heavy atom. The van der Waals surface area contributed by atoms with Gasteiger partial charge in [0.15, 0.2) is 5.65 Å². The Morgan fingerprint density at radius 1 is 1.00 bits per heavy atom. The molecule has 28 heavy (non-hydrogen) atoms. The first kappa shape index (κ1) is 18.4. The number of aromatic nitrogens is 3. The monoisotopic (exact) mass is 375 g/mol. The van der Waals surface area contributed by atoms with E-state index >= 15 is 0 Å². The molecule has 0 aliphatic rings. The zero-order valence-corrected chi connectivity index (χ0v) is 16.4. The number of rotatable bonds is 7. The number of hydrogen-bond donors (Lipinski definition) is 1. The number of nitrogens with one attached hydrogen (secondary N) is 1. The molecule has 2 heterocycles. The Balaban J connectivity index is 1.67. The highest BCUT2D eigenvalue weighted by Gasteiger charge is 2.16. The van der Waals surface area contributed by atoms with E-state index in [-0.39, 0.29) is 12.5 Å². The first-order valence-electron chi connectivity index (χ1n) is 9.84. The van der Waals surface area contributed by atoms with Crippen LogP contribution in [0.15, 0.2) is 48.5 Å². The summed E-state index contributed by atoms with van der Waals surface area (Å²) < 4.78 is 1.97. The average molecular weight is 375 g/mol. The van der Waals surface area contributed by atoms with Crippen molar-refractivity contribution in [2.75, 3.05) is 26.2 Å². The maximum Gasteiger partial charge on any atom is 0.240 e. The molecule has 144 valence electrons. The van der Waals surface area contributed by atoms with E-state index in [1.165, 1.54) is 0 Å². The van der Waals surface area contributed by atoms with Crippen molar-refractivity contribution in [3.63, 3.8) is 0 Å². The molecule has 6 heteroatoms. The minimum Gasteiger partial charge on any atom is -0.353 e. The van der Waals surface area contributed by atoms with Crippen molar-refractivity contribution in [3.05, 3.63) is 48.5 Å². The van der Waals surface area contributed by atoms with Gasteiger partial charge in [-0.1, -0.05) is 44.2 Å². The van der Waals surface area contributed by atoms with Crippen molar-refractivity contribution in [1.29, 1.82) is 0 Å². The van der Waals surface area contributed by atoms with Gasteiger partial charge in [0.05, 0.1) is 16.6 Å². The molecule has 6 nitrogen and oxygen atoms in total. The van der Waals surface area contributed by atoms with E-state index in [9.17, 15) is 4.79 Å². The van der Waals surface area contributed by atoms with Gasteiger partial charge < -0.3 is 14.8 Å². The highest BCUT2D eigenvalue weighted by Crippen LogP contribution is 2.27. The molecule has 2 aromatic carbocycles. The minimum absolute atomic E-state index is 0.00947. The Labute approximate surface area is 164 Å². The van der Waals surface area contributed by atoms with Crippen LogP contribution in [-0.4, -0.2) is 51.5 Å². The van der Waals surface area contributed by atoms with Gasteiger partial charge in [0.1, 0.15) is 12.1 Å². The molecule has 0 fully saturated rings. The van der Waals surface area contributed by atoms with Gasteiger partial charge >= 0.3 is 0 Å². The van der Waals surface area contributed by atoms with Crippen molar-refractivity contribution in [2.24, 2.45) is 0 Å². The second kappa shape index (κ2) is 7.94. The van der Waals surface area contributed by atoms with Crippen LogP contribution in [-0.2, 0) is 11.3 Å². The number of benzene rings is 2. The Kier molecular flexibility index (Phi) is 5.21. The van der Waals surface area contributed by atoms with E-state index < -0.39 is 0 Å². The summed E-state index contributed by atoms with van der Waals surface area (Å²) in [5.74, 6) is -0.00947. The van der Waals surface area contributed by atoms with Crippen LogP contribution in [0, 0.1) is 0 Å². The summed E-state index contributed by atoms with van der Waals surface area (Å²) in [6.45, 7) is 7.97. The third-order valence-corrected chi connectivity index (χ3v) is 5.20. The number of nitrogens with zero attached hydrogens (tertiary/aromatic N) is 4. The number of likely N-dealkylation sites (N-methyl/N-ethyl adjacent to an activating group) is 1. The Morgan fingerprint density at radius 2 is 1.68 bits per heavy atom. The van der Waals surface area contributed by atoms with E-state index in [2.05, 4.69) is 24.1 Å². The normalized spacial score (nSPS) is 11.7. The van der Waals surface area contributed by atoms with E-state index in [0.717, 1.165) is 52.7 Å². The molecule has 0 spiro atoms. The lowest BCUT2D eigenvalue weighted by Crippen LogP contribution is -2.36. The molecule has 4 aromatic rings. The summed E-state index contributed by atoms with van der Waals surface area (Å²) in [7, 11) is 0. The lowest BCUT2D eigenvalue weighted by Gasteiger charge is -2.18. The fraction of sp³-hybridized carbons (Fsp3) is 0.318. The predicted octanol–water partition coefficient (Wildman–Crippen LogP) is 3.20. The molecule has 0 atom stereocenters. The summed E-state index contributed by atoms with van der Waals surface area (Å²) >= 11 is 0. The molecule has 0 bridgehead atoms. The highest BCUT2D eigenvalue weighted by atomic mass is 16.1. The third-order valence-electron chi connectivity index (χ3n) is 5.20. The van der Waals surface area contributed by atoms with Crippen LogP contribution in [0.1, 0.15) is 13.8 Å². The molecular formula is C22H25N5O. The van der Waals surface area contributed by atoms with Gasteiger partial charge in [-0.25, -0.2) is 9.97 Å². The van der Waals surface area contributed by atoms with Crippen molar-refractivity contribution in [2.45, 2.75) is 20.4 Å². The lowest BCUT2D eigenvalue weighted by molar-refractivity contribution is -0.121. The molecule has 0 saturated carbocycles. The highest BCUT2D eigenvalue weighted by molar-refractivity contribution is 6.07. The summed E-state index contributed by atoms with van der Waals surface area (Å²) in [6.07, 6.45) is 0. The van der Waals surface area contributed by atoms with Crippen LogP contribution in [0.25, 0.3) is 33.1 Å². The number of para-hydroxylation sites is 3. The smallest absolute Gasteiger partial charge is 0.240 e. The molecule has 0 saturated heterocycles. The van der Waals surface area contributed by atoms with E-state index in [4.69, 9.17) is 9.97 Å². The first-order chi connectivity index (χ1) is 13.7. The fourth-order valence-corrected chi connectivity index (χ4v) is 3.64. The largest absolute Gasteiger partial charge is 0.353 e. The fourth-order valence-electron chi connectivity index (χ4n) is 3.64. The molecular weight excluding hydrogens is 350 g/mol. The van der Waals surface area contributed by atoms with Crippen molar-refractivity contribution >= 4 is 39.0 Å². The summed E-state index contributed by atoms with van der Waals surface area (Å²) in [4.78, 5) is 24.5. The number of amides is 1. The molecule has 1 amide bonds. The van der Waals surface area contributed by atoms with Crippen LogP contribution in [0.2, 0.25) is 0 Å². The van der Waals surface area contributed by atoms with E-state index in [1.807, 2.05) is 53.1 Å². The topological polar surface area (TPSA) is 63.1 Å². The zero-order chi connectivity index (χ0) is 19.5. The van der Waals surface area contributed by atoms with Crippen molar-refractivity contribution in [1.82, 2.24) is 24.8 Å². The van der Waals surface area contributed by atoms with Gasteiger partial charge in [0.25, 0.3) is 0 Å². The summed E-state index contributed by atoms with van der Waals surface area (Å²) in [5, 5.41) is 4.06. The van der Waals surface area contributed by atoms with Crippen LogP contribution in [0.3, 0.4) is 0 Å². The number of carbonyl (C=O) groups is 1. The van der Waals surface area contributed by atoms with Gasteiger partial charge in [-0.05, 0) is 31.3 Å². The maximum absolute atomic E-state index is 12.6. The SMILES string of the molecule is CCN(CC)CCNC(=O)Cn1c2ccccc2c2nc3ccccc3nc21. The Bertz CT molecular complexity index is 1130. The van der Waals surface area contributed by atoms with Crippen LogP contribution < -0.4 is 5.32 Å². The standard InChI is InChI=1S/C22H25N5O/c1-3-26(4-2)14-13-23-20(28)15-27-19-12-8-5-9-16(19)21-22(27)25-18-11-7-6-10-17(18)24-21/h5-12H,3-4,13-15H2,1-2H3,(H,23,28). The van der Waals surface area contributed by atoms with Crippen molar-refractivity contribution in [3.8, 4) is 0 Å². The number of fused-ring (bicyclic) bond motifs is 4. The number of carbonyl (C=O) groups excluding carboxylic acids is 1. The van der Waals surface area contributed by atoms with Crippen LogP contribution >= 0.6 is 0 Å². The van der Waals surface area contributed by atoms with Gasteiger partial charge in [-0.15, -0.1) is 0 Å². The lowest BCUT2D eigenvalue weighted by atomic mass is 10.2. The molecule has 2 aromatic heterocycles. The maximum atomic E-state index is 12.6. The molecule has 0 aliphatic heterocycles. The van der Waals surface area contributed by atoms with Crippen molar-refractivity contribution < 1.29 is 4.79 Å². The van der Waals surface area contributed by atoms with Gasteiger partial charge in [-0.2, -0.15) is 0 Å². The van der Waals surface area contributed by atoms with Gasteiger partial charge in [-0.3, -0.25) is 4.79 Å². The van der Waals surface area contributed by atoms with E-state index in [1.54, 1.807) is 0 Å². The third kappa shape index (κ3) is 3.43. The molecule has 0 radical (unpaired) electrons. The molecule has 4 rings (SSSR count). The second-order valence-electron chi connectivity index (χ2n) is 6.86. The van der Waals surface area contributed by atoms with Gasteiger partial charge in [0.2, 0.25) is 5.91 Å². The predicted molar refractivity (Wildman–Crippen MR) is 113 cm³/mol. The zero-order valence-electron chi connectivity index (χ0n) is 16.4. The summed E-state index contributed by atoms with van der Waals surface area (Å²) in [6, 6.07) is 15.9. The molecule has 0 aliphatic carbocycles. The first-order valence-corrected chi connectivity index (χ1v) is 9.84. The number of hydrogen-bond acceptors (Lipinski definition) is 4. The van der Waals surface area contributed by atoms with Gasteiger partial charge in [0, 0.05) is 18.5 Å². The summed E-state index contributed by atoms with van der Waals surface area (Å²) in [5.41, 5.74) is 4.26.